The highest BCUT2D eigenvalue weighted by molar-refractivity contribution is 6.30. The molecule has 0 aliphatic carbocycles. The van der Waals surface area contributed by atoms with E-state index in [2.05, 4.69) is 11.1 Å². The number of carbonyl (C=O) groups excluding carboxylic acids is 1. The normalized spacial score (nSPS) is 13.7. The largest absolute Gasteiger partial charge is 0.481 e. The second kappa shape index (κ2) is 5.74. The summed E-state index contributed by atoms with van der Waals surface area (Å²) in [4.78, 5) is 18.6. The average Bonchev–Trinajstić information content (AvgIpc) is 2.53. The zero-order valence-electron chi connectivity index (χ0n) is 11.7. The van der Waals surface area contributed by atoms with Gasteiger partial charge in [0.05, 0.1) is 7.11 Å². The highest BCUT2D eigenvalue weighted by Gasteiger charge is 2.24. The number of hydrogen-bond acceptors (Lipinski definition) is 3. The van der Waals surface area contributed by atoms with Crippen LogP contribution in [-0.2, 0) is 6.42 Å². The second-order valence-electron chi connectivity index (χ2n) is 4.91. The first-order valence-corrected chi connectivity index (χ1v) is 7.18. The van der Waals surface area contributed by atoms with Crippen molar-refractivity contribution in [3.8, 4) is 5.88 Å². The number of ether oxygens (including phenoxy) is 1. The van der Waals surface area contributed by atoms with Crippen LogP contribution < -0.4 is 9.64 Å². The smallest absolute Gasteiger partial charge is 0.258 e. The number of methoxy groups -OCH3 is 1. The van der Waals surface area contributed by atoms with Crippen LogP contribution in [0.1, 0.15) is 22.3 Å². The lowest BCUT2D eigenvalue weighted by atomic mass is 10.0. The summed E-state index contributed by atoms with van der Waals surface area (Å²) in [5.41, 5.74) is 2.66. The van der Waals surface area contributed by atoms with Gasteiger partial charge in [-0.1, -0.05) is 29.8 Å². The molecule has 5 heteroatoms. The van der Waals surface area contributed by atoms with Crippen molar-refractivity contribution in [3.63, 3.8) is 0 Å². The highest BCUT2D eigenvalue weighted by atomic mass is 35.5. The first-order valence-electron chi connectivity index (χ1n) is 6.80. The van der Waals surface area contributed by atoms with Crippen LogP contribution in [0.25, 0.3) is 0 Å². The van der Waals surface area contributed by atoms with Gasteiger partial charge in [0.25, 0.3) is 5.91 Å². The summed E-state index contributed by atoms with van der Waals surface area (Å²) in [5.74, 6) is 0.265. The molecule has 1 aromatic heterocycles. The van der Waals surface area contributed by atoms with E-state index in [1.165, 1.54) is 12.7 Å². The molecule has 0 fully saturated rings. The lowest BCUT2D eigenvalue weighted by Gasteiger charge is -2.29. The predicted octanol–water partition coefficient (Wildman–Crippen LogP) is 3.34. The third-order valence-corrected chi connectivity index (χ3v) is 3.78. The molecular formula is C16H15ClN2O2. The minimum atomic E-state index is -0.0789. The molecule has 1 aliphatic heterocycles. The SMILES string of the molecule is COc1cc(C(=O)N2CCCc3ccccc32)cc(Cl)n1. The number of nitrogens with zero attached hydrogens (tertiary/aromatic N) is 2. The number of halogens is 1. The fourth-order valence-corrected chi connectivity index (χ4v) is 2.80. The molecule has 0 spiro atoms. The molecule has 1 aromatic carbocycles. The van der Waals surface area contributed by atoms with E-state index in [0.29, 0.717) is 18.0 Å². The van der Waals surface area contributed by atoms with Crippen LogP contribution in [0.15, 0.2) is 36.4 Å². The number of rotatable bonds is 2. The van der Waals surface area contributed by atoms with Crippen molar-refractivity contribution in [2.24, 2.45) is 0 Å². The number of carbonyl (C=O) groups is 1. The van der Waals surface area contributed by atoms with Crippen molar-refractivity contribution in [1.82, 2.24) is 4.98 Å². The Morgan fingerprint density at radius 3 is 2.95 bits per heavy atom. The third-order valence-electron chi connectivity index (χ3n) is 3.58. The summed E-state index contributed by atoms with van der Waals surface area (Å²) in [6.07, 6.45) is 1.96. The van der Waals surface area contributed by atoms with Crippen LogP contribution in [0.3, 0.4) is 0 Å². The van der Waals surface area contributed by atoms with Gasteiger partial charge in [-0.25, -0.2) is 4.98 Å². The standard InChI is InChI=1S/C16H15ClN2O2/c1-21-15-10-12(9-14(17)18-15)16(20)19-8-4-6-11-5-2-3-7-13(11)19/h2-3,5,7,9-10H,4,6,8H2,1H3. The van der Waals surface area contributed by atoms with E-state index in [0.717, 1.165) is 18.5 Å². The Balaban J connectivity index is 1.98. The van der Waals surface area contributed by atoms with Crippen molar-refractivity contribution in [2.75, 3.05) is 18.6 Å². The number of fused-ring (bicyclic) bond motifs is 1. The lowest BCUT2D eigenvalue weighted by molar-refractivity contribution is 0.0984. The number of para-hydroxylation sites is 1. The first kappa shape index (κ1) is 13.9. The van der Waals surface area contributed by atoms with Crippen LogP contribution in [0.2, 0.25) is 5.15 Å². The molecule has 108 valence electrons. The van der Waals surface area contributed by atoms with Crippen molar-refractivity contribution in [1.29, 1.82) is 0 Å². The van der Waals surface area contributed by atoms with Gasteiger partial charge in [0, 0.05) is 23.9 Å². The zero-order chi connectivity index (χ0) is 14.8. The second-order valence-corrected chi connectivity index (χ2v) is 5.30. The molecule has 0 N–H and O–H groups in total. The molecule has 4 nitrogen and oxygen atoms in total. The van der Waals surface area contributed by atoms with Crippen molar-refractivity contribution < 1.29 is 9.53 Å². The molecule has 0 unspecified atom stereocenters. The predicted molar refractivity (Wildman–Crippen MR) is 82.2 cm³/mol. The van der Waals surface area contributed by atoms with Gasteiger partial charge in [0.2, 0.25) is 5.88 Å². The van der Waals surface area contributed by atoms with Crippen LogP contribution in [0.5, 0.6) is 5.88 Å². The molecule has 2 aromatic rings. The van der Waals surface area contributed by atoms with Crippen LogP contribution in [0, 0.1) is 0 Å². The number of aromatic nitrogens is 1. The maximum absolute atomic E-state index is 12.8. The Hall–Kier alpha value is -2.07. The van der Waals surface area contributed by atoms with E-state index < -0.39 is 0 Å². The van der Waals surface area contributed by atoms with E-state index in [4.69, 9.17) is 16.3 Å². The first-order chi connectivity index (χ1) is 10.2. The van der Waals surface area contributed by atoms with Crippen LogP contribution in [-0.4, -0.2) is 24.5 Å². The summed E-state index contributed by atoms with van der Waals surface area (Å²) in [6, 6.07) is 11.2. The molecule has 2 heterocycles. The summed E-state index contributed by atoms with van der Waals surface area (Å²) in [6.45, 7) is 0.706. The van der Waals surface area contributed by atoms with Gasteiger partial charge < -0.3 is 9.64 Å². The molecule has 0 saturated carbocycles. The average molecular weight is 303 g/mol. The molecular weight excluding hydrogens is 288 g/mol. The van der Waals surface area contributed by atoms with Crippen molar-refractivity contribution >= 4 is 23.2 Å². The molecule has 1 amide bonds. The van der Waals surface area contributed by atoms with E-state index in [1.54, 1.807) is 17.0 Å². The van der Waals surface area contributed by atoms with E-state index in [-0.39, 0.29) is 11.1 Å². The van der Waals surface area contributed by atoms with Crippen LogP contribution in [0.4, 0.5) is 5.69 Å². The number of pyridine rings is 1. The molecule has 0 radical (unpaired) electrons. The van der Waals surface area contributed by atoms with Gasteiger partial charge in [0.15, 0.2) is 0 Å². The minimum Gasteiger partial charge on any atom is -0.481 e. The van der Waals surface area contributed by atoms with Gasteiger partial charge in [-0.3, -0.25) is 4.79 Å². The fraction of sp³-hybridized carbons (Fsp3) is 0.250. The zero-order valence-corrected chi connectivity index (χ0v) is 12.4. The molecule has 21 heavy (non-hydrogen) atoms. The molecule has 0 saturated heterocycles. The van der Waals surface area contributed by atoms with Gasteiger partial charge >= 0.3 is 0 Å². The Morgan fingerprint density at radius 1 is 1.33 bits per heavy atom. The summed E-state index contributed by atoms with van der Waals surface area (Å²) in [5, 5.41) is 0.253. The molecule has 3 rings (SSSR count). The van der Waals surface area contributed by atoms with E-state index in [9.17, 15) is 4.79 Å². The Morgan fingerprint density at radius 2 is 2.14 bits per heavy atom. The molecule has 0 bridgehead atoms. The number of amides is 1. The Kier molecular flexibility index (Phi) is 3.80. The van der Waals surface area contributed by atoms with E-state index >= 15 is 0 Å². The highest BCUT2D eigenvalue weighted by Crippen LogP contribution is 2.29. The number of hydrogen-bond donors (Lipinski definition) is 0. The number of aryl methyl sites for hydroxylation is 1. The quantitative estimate of drug-likeness (QED) is 0.799. The lowest BCUT2D eigenvalue weighted by Crippen LogP contribution is -2.35. The topological polar surface area (TPSA) is 42.4 Å². The van der Waals surface area contributed by atoms with Gasteiger partial charge in [-0.15, -0.1) is 0 Å². The molecule has 1 aliphatic rings. The summed E-state index contributed by atoms with van der Waals surface area (Å²) >= 11 is 5.95. The van der Waals surface area contributed by atoms with E-state index in [1.807, 2.05) is 18.2 Å². The minimum absolute atomic E-state index is 0.0789. The maximum atomic E-state index is 12.8. The summed E-state index contributed by atoms with van der Waals surface area (Å²) < 4.78 is 5.08. The van der Waals surface area contributed by atoms with Gasteiger partial charge in [0.1, 0.15) is 5.15 Å². The maximum Gasteiger partial charge on any atom is 0.258 e. The van der Waals surface area contributed by atoms with Gasteiger partial charge in [-0.05, 0) is 30.5 Å². The molecule has 0 atom stereocenters. The number of benzene rings is 1. The van der Waals surface area contributed by atoms with Crippen LogP contribution >= 0.6 is 11.6 Å². The van der Waals surface area contributed by atoms with Crippen molar-refractivity contribution in [2.45, 2.75) is 12.8 Å². The monoisotopic (exact) mass is 302 g/mol. The Bertz CT molecular complexity index is 688. The van der Waals surface area contributed by atoms with Gasteiger partial charge in [-0.2, -0.15) is 0 Å². The fourth-order valence-electron chi connectivity index (χ4n) is 2.60. The third kappa shape index (κ3) is 2.72. The number of anilines is 1. The summed E-state index contributed by atoms with van der Waals surface area (Å²) in [7, 11) is 1.50. The Labute approximate surface area is 128 Å². The van der Waals surface area contributed by atoms with Crippen molar-refractivity contribution in [3.05, 3.63) is 52.7 Å².